The summed E-state index contributed by atoms with van der Waals surface area (Å²) in [5.41, 5.74) is 0. The number of aliphatic hydroxyl groups is 16. The molecule has 0 radical (unpaired) electrons. The lowest BCUT2D eigenvalue weighted by molar-refractivity contribution is -0.386. The first kappa shape index (κ1) is 62.5. The molecular weight excluding hydrogens is 1040 g/mol. The second-order valence-corrected chi connectivity index (χ2v) is 19.3. The molecule has 6 saturated heterocycles. The van der Waals surface area contributed by atoms with Gasteiger partial charge < -0.3 is 150 Å². The molecule has 0 aliphatic carbocycles. The molecule has 19 N–H and O–H groups in total. The molecule has 6 aliphatic rings. The van der Waals surface area contributed by atoms with Crippen LogP contribution in [0.1, 0.15) is 27.7 Å². The molecule has 33 nitrogen and oxygen atoms in total. The lowest BCUT2D eigenvalue weighted by atomic mass is 9.92. The maximum absolute atomic E-state index is 12.6. The summed E-state index contributed by atoms with van der Waals surface area (Å²) >= 11 is 0. The largest absolute Gasteiger partial charge is 0.394 e. The summed E-state index contributed by atoms with van der Waals surface area (Å²) in [6.07, 6.45) is -49.5. The number of nitrogens with one attached hydrogen (secondary N) is 3. The second kappa shape index (κ2) is 27.2. The van der Waals surface area contributed by atoms with E-state index in [2.05, 4.69) is 16.0 Å². The highest BCUT2D eigenvalue weighted by atomic mass is 16.8. The summed E-state index contributed by atoms with van der Waals surface area (Å²) in [6, 6.07) is -4.41. The Bertz CT molecular complexity index is 1870. The van der Waals surface area contributed by atoms with Crippen molar-refractivity contribution in [1.29, 1.82) is 0 Å². The van der Waals surface area contributed by atoms with Gasteiger partial charge in [-0.2, -0.15) is 0 Å². The van der Waals surface area contributed by atoms with Gasteiger partial charge in [0, 0.05) is 20.8 Å². The molecule has 0 aromatic rings. The lowest BCUT2D eigenvalue weighted by Gasteiger charge is -2.50. The fourth-order valence-electron chi connectivity index (χ4n) is 9.86. The third kappa shape index (κ3) is 13.7. The number of carbonyl (C=O) groups is 3. The van der Waals surface area contributed by atoms with Gasteiger partial charge in [-0.3, -0.25) is 14.4 Å². The molecule has 6 fully saturated rings. The van der Waals surface area contributed by atoms with E-state index in [1.54, 1.807) is 0 Å². The Balaban J connectivity index is 1.30. The number of hydrogen-bond donors (Lipinski definition) is 19. The van der Waals surface area contributed by atoms with Crippen LogP contribution in [-0.2, 0) is 66.5 Å². The van der Waals surface area contributed by atoms with Crippen LogP contribution >= 0.6 is 0 Å². The molecule has 30 atom stereocenters. The highest BCUT2D eigenvalue weighted by Gasteiger charge is 2.57. The standard InChI is InChI=1S/C43H73N3O30/c1-11-21(44-12(2)52)29(60)35(18(8-50)67-11)73-40-23(46-14(4)54)30(61)36(19(9-51)71-40)74-42-34(65)37(75-41-33(64)31(62)25(56)16(6-48)69-41)27(58)20(72-42)10-66-43-38(32(63)26(57)17(7-49)70-43)76-39-22(45-13(3)53)28(59)24(55)15(5-47)68-39/h11,15-43,47-51,55-65H,5-10H2,1-4H3,(H,44,52)(H,45,53)(H,46,54)/t11-,15-,16+,17?,18?,19?,20?,21?,22?,23?,24+,25+,26+,27+,28?,29+,30+,31?,32?,33?,34+,35+,36+,37?,38+,39-,40-,41+,42-,43-/m0/s1. The Hall–Kier alpha value is -2.67. The average Bonchev–Trinajstić information content (AvgIpc) is 3.37. The van der Waals surface area contributed by atoms with Gasteiger partial charge in [0.25, 0.3) is 0 Å². The first-order valence-corrected chi connectivity index (χ1v) is 24.4. The summed E-state index contributed by atoms with van der Waals surface area (Å²) in [5, 5.41) is 181. The monoisotopic (exact) mass is 1110 g/mol. The zero-order valence-corrected chi connectivity index (χ0v) is 41.4. The van der Waals surface area contributed by atoms with Crippen LogP contribution in [0, 0.1) is 0 Å². The normalized spacial score (nSPS) is 48.2. The van der Waals surface area contributed by atoms with E-state index in [9.17, 15) is 96.1 Å². The maximum atomic E-state index is 12.6. The van der Waals surface area contributed by atoms with Gasteiger partial charge in [0.05, 0.1) is 51.8 Å². The summed E-state index contributed by atoms with van der Waals surface area (Å²) in [7, 11) is 0. The van der Waals surface area contributed by atoms with Crippen LogP contribution in [0.3, 0.4) is 0 Å². The van der Waals surface area contributed by atoms with Gasteiger partial charge >= 0.3 is 0 Å². The predicted octanol–water partition coefficient (Wildman–Crippen LogP) is -12.6. The molecule has 6 rings (SSSR count). The van der Waals surface area contributed by atoms with Crippen molar-refractivity contribution >= 4 is 17.7 Å². The first-order valence-electron chi connectivity index (χ1n) is 24.4. The quantitative estimate of drug-likeness (QED) is 0.0571. The molecule has 3 amide bonds. The molecule has 0 bridgehead atoms. The van der Waals surface area contributed by atoms with Crippen LogP contribution in [0.15, 0.2) is 0 Å². The minimum atomic E-state index is -2.26. The fraction of sp³-hybridized carbons (Fsp3) is 0.930. The minimum absolute atomic E-state index is 0.561. The zero-order valence-electron chi connectivity index (χ0n) is 41.4. The van der Waals surface area contributed by atoms with E-state index in [0.29, 0.717) is 0 Å². The van der Waals surface area contributed by atoms with E-state index < -0.39 is 241 Å². The molecule has 0 aromatic heterocycles. The molecule has 0 aromatic carbocycles. The van der Waals surface area contributed by atoms with E-state index >= 15 is 0 Å². The highest BCUT2D eigenvalue weighted by molar-refractivity contribution is 5.74. The Morgan fingerprint density at radius 2 is 0.724 bits per heavy atom. The van der Waals surface area contributed by atoms with Crippen molar-refractivity contribution in [2.45, 2.75) is 212 Å². The topological polar surface area (TPSA) is 513 Å². The van der Waals surface area contributed by atoms with E-state index in [1.807, 2.05) is 0 Å². The average molecular weight is 1110 g/mol. The second-order valence-electron chi connectivity index (χ2n) is 19.3. The number of carbonyl (C=O) groups excluding carboxylic acids is 3. The Labute approximate surface area is 432 Å². The van der Waals surface area contributed by atoms with Gasteiger partial charge in [-0.15, -0.1) is 0 Å². The molecule has 0 spiro atoms. The van der Waals surface area contributed by atoms with E-state index in [-0.39, 0.29) is 0 Å². The van der Waals surface area contributed by atoms with E-state index in [4.69, 9.17) is 52.1 Å². The van der Waals surface area contributed by atoms with Gasteiger partial charge in [-0.1, -0.05) is 0 Å². The number of rotatable bonds is 19. The third-order valence-corrected chi connectivity index (χ3v) is 13.9. The lowest BCUT2D eigenvalue weighted by Crippen LogP contribution is -2.70. The Morgan fingerprint density at radius 3 is 1.25 bits per heavy atom. The van der Waals surface area contributed by atoms with Crippen molar-refractivity contribution in [3.8, 4) is 0 Å². The fourth-order valence-corrected chi connectivity index (χ4v) is 9.86. The van der Waals surface area contributed by atoms with Crippen molar-refractivity contribution in [2.24, 2.45) is 0 Å². The van der Waals surface area contributed by atoms with Gasteiger partial charge in [0.1, 0.15) is 140 Å². The van der Waals surface area contributed by atoms with Crippen LogP contribution in [0.4, 0.5) is 0 Å². The summed E-state index contributed by atoms with van der Waals surface area (Å²) in [5.74, 6) is -2.12. The van der Waals surface area contributed by atoms with Crippen LogP contribution in [0.5, 0.6) is 0 Å². The van der Waals surface area contributed by atoms with Gasteiger partial charge in [0.15, 0.2) is 31.5 Å². The van der Waals surface area contributed by atoms with Crippen molar-refractivity contribution < 1.29 is 148 Å². The zero-order chi connectivity index (χ0) is 56.2. The Kier molecular flexibility index (Phi) is 22.4. The predicted molar refractivity (Wildman–Crippen MR) is 237 cm³/mol. The summed E-state index contributed by atoms with van der Waals surface area (Å²) in [6.45, 7) is -0.745. The highest BCUT2D eigenvalue weighted by Crippen LogP contribution is 2.36. The first-order chi connectivity index (χ1) is 35.9. The van der Waals surface area contributed by atoms with Crippen LogP contribution < -0.4 is 16.0 Å². The van der Waals surface area contributed by atoms with E-state index in [0.717, 1.165) is 13.8 Å². The molecule has 76 heavy (non-hydrogen) atoms. The summed E-state index contributed by atoms with van der Waals surface area (Å²) < 4.78 is 64.4. The third-order valence-electron chi connectivity index (χ3n) is 13.9. The molecule has 12 unspecified atom stereocenters. The summed E-state index contributed by atoms with van der Waals surface area (Å²) in [4.78, 5) is 36.8. The SMILES string of the molecule is CC(=O)NC1C(O)[C@H](O)[C@H](CO)O[C@H]1O[C@@H]1C(O)[C@H](O)C(CO)O[C@@H]1OCC1O[C@@H](O[C@@H]2C(CO)O[C@@H](O[C@@H]3C(CO)O[C@@H](C)C(NC(C)=O)[C@H]3O)C(NC(C)=O)[C@H]2O)[C@H](O)C(O[C@H]2O[C@H](CO)[C@@H](O)C(O)C2O)[C@@H]1O. The smallest absolute Gasteiger partial charge is 0.217 e. The minimum Gasteiger partial charge on any atom is -0.394 e. The van der Waals surface area contributed by atoms with Crippen molar-refractivity contribution in [3.05, 3.63) is 0 Å². The van der Waals surface area contributed by atoms with E-state index in [1.165, 1.54) is 13.8 Å². The molecule has 440 valence electrons. The van der Waals surface area contributed by atoms with Crippen LogP contribution in [-0.4, -0.2) is 323 Å². The van der Waals surface area contributed by atoms with Crippen LogP contribution in [0.25, 0.3) is 0 Å². The number of amides is 3. The number of aliphatic hydroxyl groups excluding tert-OH is 16. The van der Waals surface area contributed by atoms with Gasteiger partial charge in [-0.25, -0.2) is 0 Å². The Morgan fingerprint density at radius 1 is 0.355 bits per heavy atom. The molecule has 0 saturated carbocycles. The van der Waals surface area contributed by atoms with Crippen molar-refractivity contribution in [2.75, 3.05) is 39.6 Å². The molecule has 33 heteroatoms. The van der Waals surface area contributed by atoms with Crippen LogP contribution in [0.2, 0.25) is 0 Å². The molecule has 6 aliphatic heterocycles. The van der Waals surface area contributed by atoms with Crippen molar-refractivity contribution in [1.82, 2.24) is 16.0 Å². The maximum Gasteiger partial charge on any atom is 0.217 e. The molecule has 6 heterocycles. The van der Waals surface area contributed by atoms with Crippen molar-refractivity contribution in [3.63, 3.8) is 0 Å². The molecular formula is C43H73N3O30. The van der Waals surface area contributed by atoms with Gasteiger partial charge in [-0.05, 0) is 6.92 Å². The number of ether oxygens (including phenoxy) is 11. The van der Waals surface area contributed by atoms with Gasteiger partial charge in [0.2, 0.25) is 17.7 Å². The number of hydrogen-bond acceptors (Lipinski definition) is 30.